The Balaban J connectivity index is 1.82. The third-order valence-corrected chi connectivity index (χ3v) is 5.15. The molecule has 1 aliphatic heterocycles. The van der Waals surface area contributed by atoms with Crippen LogP contribution in [0.4, 0.5) is 11.4 Å². The maximum atomic E-state index is 13.6. The average Bonchev–Trinajstić information content (AvgIpc) is 3.01. The number of nitrogens with one attached hydrogen (secondary N) is 1. The van der Waals surface area contributed by atoms with Crippen molar-refractivity contribution in [2.45, 2.75) is 20.8 Å². The lowest BCUT2D eigenvalue weighted by Crippen LogP contribution is -2.32. The monoisotopic (exact) mass is 412 g/mol. The largest absolute Gasteiger partial charge is 0.492 e. The van der Waals surface area contributed by atoms with Crippen LogP contribution in [0.15, 0.2) is 78.5 Å². The van der Waals surface area contributed by atoms with Crippen LogP contribution in [0.5, 0.6) is 5.75 Å². The first-order valence-electron chi connectivity index (χ1n) is 10.2. The van der Waals surface area contributed by atoms with E-state index in [1.807, 2.05) is 75.4 Å². The van der Waals surface area contributed by atoms with Crippen molar-refractivity contribution in [2.24, 2.45) is 0 Å². The third kappa shape index (κ3) is 3.94. The molecule has 1 aliphatic rings. The van der Waals surface area contributed by atoms with Gasteiger partial charge in [0.15, 0.2) is 0 Å². The number of hydrogen-bond acceptors (Lipinski definition) is 4. The molecule has 0 saturated carbocycles. The Morgan fingerprint density at radius 3 is 2.06 bits per heavy atom. The molecule has 0 unspecified atom stereocenters. The molecule has 2 amide bonds. The summed E-state index contributed by atoms with van der Waals surface area (Å²) in [5.74, 6) is -0.296. The molecule has 4 rings (SSSR count). The molecule has 0 bridgehead atoms. The van der Waals surface area contributed by atoms with E-state index >= 15 is 0 Å². The first-order chi connectivity index (χ1) is 15.0. The van der Waals surface area contributed by atoms with Crippen molar-refractivity contribution in [1.82, 2.24) is 0 Å². The average molecular weight is 412 g/mol. The molecule has 1 N–H and O–H groups in total. The fraction of sp³-hybridized carbons (Fsp3) is 0.154. The molecule has 0 fully saturated rings. The van der Waals surface area contributed by atoms with Gasteiger partial charge in [-0.25, -0.2) is 4.90 Å². The van der Waals surface area contributed by atoms with E-state index in [0.717, 1.165) is 16.8 Å². The highest BCUT2D eigenvalue weighted by atomic mass is 16.5. The summed E-state index contributed by atoms with van der Waals surface area (Å²) in [6.45, 7) is 6.28. The first-order valence-corrected chi connectivity index (χ1v) is 10.2. The molecule has 0 aliphatic carbocycles. The summed E-state index contributed by atoms with van der Waals surface area (Å²) in [5.41, 5.74) is 4.65. The Morgan fingerprint density at radius 2 is 1.42 bits per heavy atom. The third-order valence-electron chi connectivity index (χ3n) is 5.15. The van der Waals surface area contributed by atoms with Gasteiger partial charge in [-0.2, -0.15) is 0 Å². The molecule has 156 valence electrons. The molecule has 5 nitrogen and oxygen atoms in total. The van der Waals surface area contributed by atoms with Gasteiger partial charge in [-0.1, -0.05) is 59.7 Å². The SMILES string of the molecule is CCOc1ccccc1N1C(=O)C(Nc2ccc(C)cc2)=C(c2ccc(C)cc2)C1=O. The number of imide groups is 1. The van der Waals surface area contributed by atoms with Gasteiger partial charge in [0, 0.05) is 5.69 Å². The van der Waals surface area contributed by atoms with Crippen LogP contribution in [0.2, 0.25) is 0 Å². The van der Waals surface area contributed by atoms with Crippen molar-refractivity contribution in [3.63, 3.8) is 0 Å². The Hall–Kier alpha value is -3.86. The van der Waals surface area contributed by atoms with E-state index in [2.05, 4.69) is 5.32 Å². The van der Waals surface area contributed by atoms with E-state index < -0.39 is 5.91 Å². The Kier molecular flexibility index (Phi) is 5.58. The van der Waals surface area contributed by atoms with Gasteiger partial charge in [-0.15, -0.1) is 0 Å². The highest BCUT2D eigenvalue weighted by Gasteiger charge is 2.41. The summed E-state index contributed by atoms with van der Waals surface area (Å²) < 4.78 is 5.68. The number of rotatable bonds is 6. The van der Waals surface area contributed by atoms with Crippen molar-refractivity contribution in [3.8, 4) is 5.75 Å². The van der Waals surface area contributed by atoms with Gasteiger partial charge in [0.25, 0.3) is 11.8 Å². The Labute approximate surface area is 182 Å². The van der Waals surface area contributed by atoms with Gasteiger partial charge in [0.1, 0.15) is 11.4 Å². The van der Waals surface area contributed by atoms with Crippen LogP contribution in [-0.2, 0) is 9.59 Å². The molecule has 31 heavy (non-hydrogen) atoms. The zero-order valence-electron chi connectivity index (χ0n) is 17.8. The first kappa shape index (κ1) is 20.4. The maximum absolute atomic E-state index is 13.6. The van der Waals surface area contributed by atoms with E-state index in [1.165, 1.54) is 4.90 Å². The summed E-state index contributed by atoms with van der Waals surface area (Å²) in [6, 6.07) is 22.4. The maximum Gasteiger partial charge on any atom is 0.282 e. The standard InChI is InChI=1S/C26H24N2O3/c1-4-31-22-8-6-5-7-21(22)28-25(29)23(19-13-9-17(2)10-14-19)24(26(28)30)27-20-15-11-18(3)12-16-20/h5-16,27H,4H2,1-3H3. The lowest BCUT2D eigenvalue weighted by atomic mass is 10.0. The van der Waals surface area contributed by atoms with Gasteiger partial charge >= 0.3 is 0 Å². The van der Waals surface area contributed by atoms with E-state index in [-0.39, 0.29) is 11.6 Å². The van der Waals surface area contributed by atoms with Crippen molar-refractivity contribution in [2.75, 3.05) is 16.8 Å². The minimum absolute atomic E-state index is 0.254. The van der Waals surface area contributed by atoms with Crippen LogP contribution in [0.25, 0.3) is 5.57 Å². The van der Waals surface area contributed by atoms with Crippen molar-refractivity contribution in [3.05, 3.63) is 95.2 Å². The smallest absolute Gasteiger partial charge is 0.282 e. The van der Waals surface area contributed by atoms with E-state index in [9.17, 15) is 9.59 Å². The molecular formula is C26H24N2O3. The highest BCUT2D eigenvalue weighted by molar-refractivity contribution is 6.46. The fourth-order valence-electron chi connectivity index (χ4n) is 3.55. The number of aryl methyl sites for hydroxylation is 2. The normalized spacial score (nSPS) is 13.7. The highest BCUT2D eigenvalue weighted by Crippen LogP contribution is 2.37. The van der Waals surface area contributed by atoms with Crippen molar-refractivity contribution < 1.29 is 14.3 Å². The molecule has 3 aromatic carbocycles. The predicted octanol–water partition coefficient (Wildman–Crippen LogP) is 5.10. The number of para-hydroxylation sites is 2. The summed E-state index contributed by atoms with van der Waals surface area (Å²) in [4.78, 5) is 28.3. The minimum atomic E-state index is -0.409. The quantitative estimate of drug-likeness (QED) is 0.573. The van der Waals surface area contributed by atoms with E-state index in [1.54, 1.807) is 18.2 Å². The second kappa shape index (κ2) is 8.48. The van der Waals surface area contributed by atoms with Crippen LogP contribution < -0.4 is 15.0 Å². The summed E-state index contributed by atoms with van der Waals surface area (Å²) in [5, 5.41) is 3.19. The number of anilines is 2. The second-order valence-corrected chi connectivity index (χ2v) is 7.45. The molecule has 3 aromatic rings. The molecule has 0 atom stereocenters. The number of ether oxygens (including phenoxy) is 1. The summed E-state index contributed by atoms with van der Waals surface area (Å²) in [7, 11) is 0. The van der Waals surface area contributed by atoms with Gasteiger partial charge in [-0.3, -0.25) is 9.59 Å². The van der Waals surface area contributed by atoms with Gasteiger partial charge in [-0.05, 0) is 50.6 Å². The number of carbonyl (C=O) groups excluding carboxylic acids is 2. The van der Waals surface area contributed by atoms with Gasteiger partial charge in [0.05, 0.1) is 17.9 Å². The summed E-state index contributed by atoms with van der Waals surface area (Å²) in [6.07, 6.45) is 0. The minimum Gasteiger partial charge on any atom is -0.492 e. The van der Waals surface area contributed by atoms with E-state index in [4.69, 9.17) is 4.74 Å². The van der Waals surface area contributed by atoms with Gasteiger partial charge < -0.3 is 10.1 Å². The number of amides is 2. The van der Waals surface area contributed by atoms with Crippen LogP contribution in [0.3, 0.4) is 0 Å². The van der Waals surface area contributed by atoms with Crippen LogP contribution in [-0.4, -0.2) is 18.4 Å². The number of hydrogen-bond donors (Lipinski definition) is 1. The van der Waals surface area contributed by atoms with E-state index in [0.29, 0.717) is 29.2 Å². The van der Waals surface area contributed by atoms with Crippen LogP contribution >= 0.6 is 0 Å². The molecule has 5 heteroatoms. The summed E-state index contributed by atoms with van der Waals surface area (Å²) >= 11 is 0. The lowest BCUT2D eigenvalue weighted by molar-refractivity contribution is -0.120. The van der Waals surface area contributed by atoms with Gasteiger partial charge in [0.2, 0.25) is 0 Å². The van der Waals surface area contributed by atoms with Crippen molar-refractivity contribution in [1.29, 1.82) is 0 Å². The molecule has 0 saturated heterocycles. The molecule has 0 spiro atoms. The Morgan fingerprint density at radius 1 is 0.806 bits per heavy atom. The number of benzene rings is 3. The zero-order chi connectivity index (χ0) is 22.0. The predicted molar refractivity (Wildman–Crippen MR) is 123 cm³/mol. The number of nitrogens with zero attached hydrogens (tertiary/aromatic N) is 1. The van der Waals surface area contributed by atoms with Crippen LogP contribution in [0.1, 0.15) is 23.6 Å². The van der Waals surface area contributed by atoms with Crippen LogP contribution in [0, 0.1) is 13.8 Å². The zero-order valence-corrected chi connectivity index (χ0v) is 17.8. The Bertz CT molecular complexity index is 1160. The molecule has 0 aromatic heterocycles. The van der Waals surface area contributed by atoms with Crippen molar-refractivity contribution >= 4 is 28.8 Å². The molecule has 1 heterocycles. The molecule has 0 radical (unpaired) electrons. The second-order valence-electron chi connectivity index (χ2n) is 7.45. The topological polar surface area (TPSA) is 58.6 Å². The fourth-order valence-corrected chi connectivity index (χ4v) is 3.55. The molecular weight excluding hydrogens is 388 g/mol. The lowest BCUT2D eigenvalue weighted by Gasteiger charge is -2.19. The number of carbonyl (C=O) groups is 2.